The molecule has 0 amide bonds. The zero-order chi connectivity index (χ0) is 48.6. The molecular formula is C67H41B3N4O. The van der Waals surface area contributed by atoms with Gasteiger partial charge >= 0.3 is 0 Å². The fourth-order valence-corrected chi connectivity index (χ4v) is 14.8. The lowest BCUT2D eigenvalue weighted by Gasteiger charge is -2.52. The molecule has 18 rings (SSSR count). The van der Waals surface area contributed by atoms with Gasteiger partial charge in [-0.25, -0.2) is 0 Å². The molecule has 8 heteroatoms. The third kappa shape index (κ3) is 5.11. The quantitative estimate of drug-likeness (QED) is 0.164. The Bertz CT molecular complexity index is 4290. The van der Waals surface area contributed by atoms with Gasteiger partial charge in [-0.3, -0.25) is 0 Å². The SMILES string of the molecule is c1ccc(C2c3ccccc3B3c4cc5c(cc4N(c4ccccc4)c4cccc2c43)B2c3cccc4c3N3c6c(cccc6B6c7ccccc7N(c7ccccc7)c7cc(c2c3c76)N5c2ccccc2)O4)cc1. The van der Waals surface area contributed by atoms with Crippen LogP contribution in [0.5, 0.6) is 11.5 Å². The molecule has 75 heavy (non-hydrogen) atoms. The lowest BCUT2D eigenvalue weighted by molar-refractivity contribution is 0.478. The highest BCUT2D eigenvalue weighted by molar-refractivity contribution is 7.05. The fourth-order valence-electron chi connectivity index (χ4n) is 14.8. The van der Waals surface area contributed by atoms with Crippen molar-refractivity contribution >= 4 is 138 Å². The standard InChI is InChI=1S/C67H41B3N4O/c1-5-20-41(21-6-1)61-45-28-13-14-30-47(45)68-51-38-56-52(39-55(51)72(43-24-9-3-10-25-43)54-35-17-29-46(61)62(54)68)70-50-33-19-37-60-66(50)74-65-49(32-18-36-59(65)75-60)69-48-31-15-16-34-53(48)71(42-22-7-2-8-23-42)57-40-58(64(70)67(74)63(57)69)73(56)44-26-11-4-12-27-44/h1-40,61H. The van der Waals surface area contributed by atoms with Crippen LogP contribution in [0, 0.1) is 0 Å². The second-order valence-corrected chi connectivity index (χ2v) is 21.0. The van der Waals surface area contributed by atoms with Crippen molar-refractivity contribution < 1.29 is 4.74 Å². The van der Waals surface area contributed by atoms with Crippen LogP contribution in [-0.4, -0.2) is 20.1 Å². The van der Waals surface area contributed by atoms with Gasteiger partial charge in [0.1, 0.15) is 0 Å². The Kier molecular flexibility index (Phi) is 7.84. The minimum absolute atomic E-state index is 0.0168. The summed E-state index contributed by atoms with van der Waals surface area (Å²) in [7, 11) is 0. The van der Waals surface area contributed by atoms with Gasteiger partial charge < -0.3 is 24.3 Å². The van der Waals surface area contributed by atoms with Gasteiger partial charge in [-0.2, -0.15) is 0 Å². The summed E-state index contributed by atoms with van der Waals surface area (Å²) in [6.07, 6.45) is 0. The van der Waals surface area contributed by atoms with Crippen LogP contribution in [0.3, 0.4) is 0 Å². The highest BCUT2D eigenvalue weighted by Crippen LogP contribution is 2.56. The molecule has 0 spiro atoms. The summed E-state index contributed by atoms with van der Waals surface area (Å²) in [5.74, 6) is 1.87. The molecule has 0 saturated heterocycles. The molecule has 0 aromatic heterocycles. The first-order valence-electron chi connectivity index (χ1n) is 26.3. The van der Waals surface area contributed by atoms with Gasteiger partial charge in [-0.1, -0.05) is 169 Å². The number of benzene rings is 11. The van der Waals surface area contributed by atoms with E-state index in [1.54, 1.807) is 0 Å². The Hall–Kier alpha value is -9.39. The Balaban J connectivity index is 0.987. The second-order valence-electron chi connectivity index (χ2n) is 21.0. The number of ether oxygens (including phenoxy) is 1. The van der Waals surface area contributed by atoms with Crippen LogP contribution in [0.15, 0.2) is 243 Å². The number of fused-ring (bicyclic) bond motifs is 10. The summed E-state index contributed by atoms with van der Waals surface area (Å²) in [4.78, 5) is 10.3. The van der Waals surface area contributed by atoms with Crippen molar-refractivity contribution in [3.05, 3.63) is 259 Å². The van der Waals surface area contributed by atoms with E-state index in [9.17, 15) is 0 Å². The summed E-state index contributed by atoms with van der Waals surface area (Å²) >= 11 is 0. The zero-order valence-electron chi connectivity index (χ0n) is 40.6. The molecule has 0 aliphatic carbocycles. The molecule has 0 saturated carbocycles. The molecule has 1 atom stereocenters. The fraction of sp³-hybridized carbons (Fsp3) is 0.0149. The summed E-state index contributed by atoms with van der Waals surface area (Å²) in [5.41, 5.74) is 30.0. The van der Waals surface area contributed by atoms with Gasteiger partial charge in [0.15, 0.2) is 11.5 Å². The monoisotopic (exact) mass is 950 g/mol. The van der Waals surface area contributed by atoms with Crippen LogP contribution in [0.4, 0.5) is 68.2 Å². The van der Waals surface area contributed by atoms with E-state index in [0.29, 0.717) is 0 Å². The Morgan fingerprint density at radius 2 is 0.720 bits per heavy atom. The van der Waals surface area contributed by atoms with Gasteiger partial charge in [0.25, 0.3) is 13.4 Å². The summed E-state index contributed by atoms with van der Waals surface area (Å²) < 4.78 is 7.14. The van der Waals surface area contributed by atoms with E-state index in [1.807, 2.05) is 0 Å². The molecular weight excluding hydrogens is 909 g/mol. The maximum absolute atomic E-state index is 7.14. The first kappa shape index (κ1) is 40.1. The Morgan fingerprint density at radius 3 is 1.33 bits per heavy atom. The number of rotatable bonds is 4. The van der Waals surface area contributed by atoms with Crippen molar-refractivity contribution in [1.29, 1.82) is 0 Å². The van der Waals surface area contributed by atoms with Crippen molar-refractivity contribution in [2.45, 2.75) is 5.92 Å². The van der Waals surface area contributed by atoms with Crippen LogP contribution in [-0.2, 0) is 0 Å². The van der Waals surface area contributed by atoms with Crippen LogP contribution >= 0.6 is 0 Å². The highest BCUT2D eigenvalue weighted by Gasteiger charge is 2.55. The normalized spacial score (nSPS) is 15.5. The molecule has 11 aromatic rings. The van der Waals surface area contributed by atoms with Crippen LogP contribution in [0.2, 0.25) is 0 Å². The maximum atomic E-state index is 7.14. The summed E-state index contributed by atoms with van der Waals surface area (Å²) in [5, 5.41) is 0. The van der Waals surface area contributed by atoms with Gasteiger partial charge in [0.05, 0.1) is 11.4 Å². The lowest BCUT2D eigenvalue weighted by atomic mass is 9.28. The lowest BCUT2D eigenvalue weighted by Crippen LogP contribution is -2.69. The van der Waals surface area contributed by atoms with E-state index in [1.165, 1.54) is 106 Å². The summed E-state index contributed by atoms with van der Waals surface area (Å²) in [6, 6.07) is 91.0. The van der Waals surface area contributed by atoms with E-state index >= 15 is 0 Å². The van der Waals surface area contributed by atoms with Crippen molar-refractivity contribution in [2.75, 3.05) is 19.6 Å². The van der Waals surface area contributed by atoms with Crippen LogP contribution in [0.1, 0.15) is 22.6 Å². The summed E-state index contributed by atoms with van der Waals surface area (Å²) in [6.45, 7) is -0.173. The number of hydrogen-bond acceptors (Lipinski definition) is 5. The van der Waals surface area contributed by atoms with E-state index in [-0.39, 0.29) is 26.1 Å². The van der Waals surface area contributed by atoms with Gasteiger partial charge in [-0.05, 0) is 139 Å². The minimum atomic E-state index is -0.128. The average molecular weight is 951 g/mol. The van der Waals surface area contributed by atoms with Crippen molar-refractivity contribution in [3.8, 4) is 11.5 Å². The zero-order valence-corrected chi connectivity index (χ0v) is 40.6. The van der Waals surface area contributed by atoms with E-state index in [4.69, 9.17) is 4.74 Å². The molecule has 1 unspecified atom stereocenters. The minimum Gasteiger partial charge on any atom is -0.453 e. The Morgan fingerprint density at radius 1 is 0.280 bits per heavy atom. The van der Waals surface area contributed by atoms with Gasteiger partial charge in [0.2, 0.25) is 6.71 Å². The molecule has 344 valence electrons. The molecule has 7 aliphatic heterocycles. The van der Waals surface area contributed by atoms with Crippen LogP contribution < -0.4 is 73.5 Å². The predicted octanol–water partition coefficient (Wildman–Crippen LogP) is 10.3. The highest BCUT2D eigenvalue weighted by atomic mass is 16.5. The van der Waals surface area contributed by atoms with Crippen molar-refractivity contribution in [3.63, 3.8) is 0 Å². The Labute approximate surface area is 436 Å². The number of hydrogen-bond donors (Lipinski definition) is 0. The predicted molar refractivity (Wildman–Crippen MR) is 313 cm³/mol. The molecule has 0 N–H and O–H groups in total. The maximum Gasteiger partial charge on any atom is 0.252 e. The van der Waals surface area contributed by atoms with Crippen LogP contribution in [0.25, 0.3) is 0 Å². The molecule has 5 nitrogen and oxygen atoms in total. The van der Waals surface area contributed by atoms with Gasteiger partial charge in [0, 0.05) is 62.8 Å². The average Bonchev–Trinajstić information content (AvgIpc) is 3.64. The van der Waals surface area contributed by atoms with Gasteiger partial charge in [-0.15, -0.1) is 0 Å². The smallest absolute Gasteiger partial charge is 0.252 e. The van der Waals surface area contributed by atoms with E-state index in [0.717, 1.165) is 39.9 Å². The van der Waals surface area contributed by atoms with E-state index in [2.05, 4.69) is 262 Å². The van der Waals surface area contributed by atoms with Crippen molar-refractivity contribution in [1.82, 2.24) is 0 Å². The first-order valence-corrected chi connectivity index (χ1v) is 26.3. The molecule has 0 fully saturated rings. The number of para-hydroxylation sites is 6. The topological polar surface area (TPSA) is 22.2 Å². The molecule has 7 aliphatic rings. The first-order chi connectivity index (χ1) is 37.3. The third-order valence-electron chi connectivity index (χ3n) is 17.5. The second kappa shape index (κ2) is 14.6. The number of nitrogens with zero attached hydrogens (tertiary/aromatic N) is 4. The largest absolute Gasteiger partial charge is 0.453 e. The van der Waals surface area contributed by atoms with E-state index < -0.39 is 0 Å². The molecule has 0 radical (unpaired) electrons. The number of anilines is 12. The third-order valence-corrected chi connectivity index (χ3v) is 17.5. The molecule has 7 heterocycles. The molecule has 11 aromatic carbocycles. The van der Waals surface area contributed by atoms with Crippen molar-refractivity contribution in [2.24, 2.45) is 0 Å². The molecule has 0 bridgehead atoms.